The molecule has 0 aliphatic heterocycles. The maximum Gasteiger partial charge on any atom is 0.329 e. The molecular weight excluding hydrogens is 364 g/mol. The number of carbonyl (C=O) groups is 3. The number of hydrogen-bond donors (Lipinski definition) is 2. The Balaban J connectivity index is 1.94. The van der Waals surface area contributed by atoms with Crippen LogP contribution in [0, 0.1) is 0 Å². The monoisotopic (exact) mass is 386 g/mol. The van der Waals surface area contributed by atoms with Gasteiger partial charge in [0.15, 0.2) is 12.4 Å². The van der Waals surface area contributed by atoms with Crippen molar-refractivity contribution < 1.29 is 19.1 Å². The highest BCUT2D eigenvalue weighted by molar-refractivity contribution is 7.98. The molecule has 0 saturated heterocycles. The highest BCUT2D eigenvalue weighted by atomic mass is 32.2. The maximum atomic E-state index is 12.3. The van der Waals surface area contributed by atoms with Crippen LogP contribution < -0.4 is 11.1 Å². The normalized spacial score (nSPS) is 11.4. The molecule has 0 fully saturated rings. The van der Waals surface area contributed by atoms with E-state index in [4.69, 9.17) is 10.5 Å². The molecule has 0 saturated carbocycles. The zero-order valence-electron chi connectivity index (χ0n) is 15.0. The minimum Gasteiger partial charge on any atom is -0.456 e. The summed E-state index contributed by atoms with van der Waals surface area (Å²) in [7, 11) is 0. The van der Waals surface area contributed by atoms with Crippen LogP contribution in [0.2, 0.25) is 0 Å². The quantitative estimate of drug-likeness (QED) is 0.510. The second-order valence-electron chi connectivity index (χ2n) is 5.82. The molecule has 2 rings (SSSR count). The van der Waals surface area contributed by atoms with Crippen LogP contribution in [0.1, 0.15) is 16.8 Å². The van der Waals surface area contributed by atoms with Gasteiger partial charge in [0, 0.05) is 5.56 Å². The number of primary amides is 1. The first-order chi connectivity index (χ1) is 13.0. The van der Waals surface area contributed by atoms with E-state index in [0.717, 1.165) is 11.1 Å². The highest BCUT2D eigenvalue weighted by Crippen LogP contribution is 2.19. The summed E-state index contributed by atoms with van der Waals surface area (Å²) in [5.41, 5.74) is 7.58. The molecule has 0 aromatic heterocycles. The predicted octanol–water partition coefficient (Wildman–Crippen LogP) is 2.87. The number of benzene rings is 2. The zero-order chi connectivity index (χ0) is 19.6. The third kappa shape index (κ3) is 6.45. The van der Waals surface area contributed by atoms with Gasteiger partial charge in [-0.15, -0.1) is 0 Å². The van der Waals surface area contributed by atoms with Crippen molar-refractivity contribution in [3.63, 3.8) is 0 Å². The van der Waals surface area contributed by atoms with Crippen molar-refractivity contribution in [2.75, 3.05) is 18.6 Å². The Bertz CT molecular complexity index is 778. The third-order valence-electron chi connectivity index (χ3n) is 3.87. The van der Waals surface area contributed by atoms with Gasteiger partial charge in [-0.2, -0.15) is 11.8 Å². The number of esters is 1. The summed E-state index contributed by atoms with van der Waals surface area (Å²) in [4.78, 5) is 35.4. The average Bonchev–Trinajstić information content (AvgIpc) is 2.69. The van der Waals surface area contributed by atoms with Crippen molar-refractivity contribution in [3.05, 3.63) is 60.2 Å². The first-order valence-electron chi connectivity index (χ1n) is 8.41. The lowest BCUT2D eigenvalue weighted by Gasteiger charge is -2.15. The summed E-state index contributed by atoms with van der Waals surface area (Å²) in [6.07, 6.45) is 2.26. The van der Waals surface area contributed by atoms with E-state index in [1.54, 1.807) is 12.1 Å². The van der Waals surface area contributed by atoms with E-state index in [0.29, 0.717) is 17.7 Å². The molecule has 0 unspecified atom stereocenters. The molecule has 3 N–H and O–H groups in total. The molecule has 0 aliphatic rings. The van der Waals surface area contributed by atoms with Gasteiger partial charge in [0.2, 0.25) is 0 Å². The van der Waals surface area contributed by atoms with Crippen molar-refractivity contribution >= 4 is 29.5 Å². The number of Topliss-reactive ketones (excluding diaryl/α,β-unsaturated/α-hetero) is 1. The van der Waals surface area contributed by atoms with Crippen LogP contribution in [-0.4, -0.2) is 42.4 Å². The van der Waals surface area contributed by atoms with E-state index in [2.05, 4.69) is 5.32 Å². The first kappa shape index (κ1) is 20.5. The van der Waals surface area contributed by atoms with Gasteiger partial charge in [0.25, 0.3) is 0 Å². The van der Waals surface area contributed by atoms with Crippen molar-refractivity contribution in [1.29, 1.82) is 0 Å². The van der Waals surface area contributed by atoms with Crippen LogP contribution >= 0.6 is 11.8 Å². The van der Waals surface area contributed by atoms with Crippen LogP contribution in [0.25, 0.3) is 11.1 Å². The fraction of sp³-hybridized carbons (Fsp3) is 0.250. The molecule has 2 aromatic rings. The largest absolute Gasteiger partial charge is 0.456 e. The SMILES string of the molecule is CSCC[C@H](NC(N)=O)C(=O)OCC(=O)c1ccc(-c2ccccc2)cc1. The summed E-state index contributed by atoms with van der Waals surface area (Å²) in [5.74, 6) is -0.336. The molecule has 7 heteroatoms. The fourth-order valence-corrected chi connectivity index (χ4v) is 2.93. The summed E-state index contributed by atoms with van der Waals surface area (Å²) >= 11 is 1.53. The van der Waals surface area contributed by atoms with Crippen LogP contribution in [-0.2, 0) is 9.53 Å². The van der Waals surface area contributed by atoms with E-state index >= 15 is 0 Å². The van der Waals surface area contributed by atoms with Crippen LogP contribution in [0.15, 0.2) is 54.6 Å². The van der Waals surface area contributed by atoms with Crippen molar-refractivity contribution in [2.45, 2.75) is 12.5 Å². The average molecular weight is 386 g/mol. The number of ketones is 1. The molecule has 142 valence electrons. The number of urea groups is 1. The van der Waals surface area contributed by atoms with Gasteiger partial charge in [-0.1, -0.05) is 54.6 Å². The lowest BCUT2D eigenvalue weighted by molar-refractivity contribution is -0.144. The smallest absolute Gasteiger partial charge is 0.329 e. The number of rotatable bonds is 9. The molecule has 0 bridgehead atoms. The summed E-state index contributed by atoms with van der Waals surface area (Å²) < 4.78 is 5.07. The molecule has 27 heavy (non-hydrogen) atoms. The highest BCUT2D eigenvalue weighted by Gasteiger charge is 2.22. The van der Waals surface area contributed by atoms with Gasteiger partial charge < -0.3 is 15.8 Å². The van der Waals surface area contributed by atoms with Gasteiger partial charge >= 0.3 is 12.0 Å². The van der Waals surface area contributed by atoms with Gasteiger partial charge in [0.1, 0.15) is 6.04 Å². The van der Waals surface area contributed by atoms with E-state index in [1.807, 2.05) is 48.7 Å². The maximum absolute atomic E-state index is 12.3. The number of amides is 2. The summed E-state index contributed by atoms with van der Waals surface area (Å²) in [6.45, 7) is -0.389. The van der Waals surface area contributed by atoms with E-state index in [-0.39, 0.29) is 12.4 Å². The Hall–Kier alpha value is -2.80. The van der Waals surface area contributed by atoms with Crippen molar-refractivity contribution in [3.8, 4) is 11.1 Å². The summed E-state index contributed by atoms with van der Waals surface area (Å²) in [6, 6.07) is 15.2. The fourth-order valence-electron chi connectivity index (χ4n) is 2.46. The van der Waals surface area contributed by atoms with Crippen molar-refractivity contribution in [1.82, 2.24) is 5.32 Å². The van der Waals surface area contributed by atoms with Gasteiger partial charge in [-0.3, -0.25) is 4.79 Å². The molecule has 1 atom stereocenters. The minimum absolute atomic E-state index is 0.314. The molecule has 0 spiro atoms. The predicted molar refractivity (Wildman–Crippen MR) is 107 cm³/mol. The zero-order valence-corrected chi connectivity index (χ0v) is 15.8. The lowest BCUT2D eigenvalue weighted by atomic mass is 10.0. The van der Waals surface area contributed by atoms with Crippen molar-refractivity contribution in [2.24, 2.45) is 5.73 Å². The Labute approximate surface area is 162 Å². The molecule has 2 amide bonds. The summed E-state index contributed by atoms with van der Waals surface area (Å²) in [5, 5.41) is 2.34. The number of carbonyl (C=O) groups excluding carboxylic acids is 3. The Kier molecular flexibility index (Phi) is 7.88. The number of nitrogens with two attached hydrogens (primary N) is 1. The Morgan fingerprint density at radius 2 is 1.67 bits per heavy atom. The Morgan fingerprint density at radius 1 is 1.04 bits per heavy atom. The van der Waals surface area contributed by atoms with Gasteiger partial charge in [0.05, 0.1) is 0 Å². The van der Waals surface area contributed by atoms with Crippen LogP contribution in [0.3, 0.4) is 0 Å². The molecular formula is C20H22N2O4S. The van der Waals surface area contributed by atoms with Crippen LogP contribution in [0.5, 0.6) is 0 Å². The number of hydrogen-bond acceptors (Lipinski definition) is 5. The molecule has 0 radical (unpaired) electrons. The van der Waals surface area contributed by atoms with E-state index in [1.165, 1.54) is 11.8 Å². The minimum atomic E-state index is -0.858. The third-order valence-corrected chi connectivity index (χ3v) is 4.52. The molecule has 6 nitrogen and oxygen atoms in total. The topological polar surface area (TPSA) is 98.5 Å². The second kappa shape index (κ2) is 10.4. The number of nitrogens with one attached hydrogen (secondary N) is 1. The Morgan fingerprint density at radius 3 is 2.26 bits per heavy atom. The number of ether oxygens (including phenoxy) is 1. The first-order valence-corrected chi connectivity index (χ1v) is 9.81. The van der Waals surface area contributed by atoms with E-state index in [9.17, 15) is 14.4 Å². The second-order valence-corrected chi connectivity index (χ2v) is 6.80. The number of thioether (sulfide) groups is 1. The van der Waals surface area contributed by atoms with E-state index < -0.39 is 18.0 Å². The molecule has 0 heterocycles. The standard InChI is InChI=1S/C20H22N2O4S/c1-27-12-11-17(22-20(21)25)19(24)26-13-18(23)16-9-7-15(8-10-16)14-5-3-2-4-6-14/h2-10,17H,11-13H2,1H3,(H3,21,22,25)/t17-/m0/s1. The van der Waals surface area contributed by atoms with Gasteiger partial charge in [-0.05, 0) is 29.6 Å². The van der Waals surface area contributed by atoms with Gasteiger partial charge in [-0.25, -0.2) is 9.59 Å². The molecule has 0 aliphatic carbocycles. The van der Waals surface area contributed by atoms with Crippen LogP contribution in [0.4, 0.5) is 4.79 Å². The lowest BCUT2D eigenvalue weighted by Crippen LogP contribution is -2.45. The molecule has 2 aromatic carbocycles.